The zero-order chi connectivity index (χ0) is 9.97. The molecule has 2 rings (SSSR count). The summed E-state index contributed by atoms with van der Waals surface area (Å²) >= 11 is 1.64. The predicted octanol–water partition coefficient (Wildman–Crippen LogP) is 2.92. The van der Waals surface area contributed by atoms with Gasteiger partial charge in [0.25, 0.3) is 0 Å². The smallest absolute Gasteiger partial charge is 0.115 e. The van der Waals surface area contributed by atoms with Gasteiger partial charge in [0.05, 0.1) is 6.04 Å². The zero-order valence-electron chi connectivity index (χ0n) is 7.96. The molecule has 0 aliphatic heterocycles. The van der Waals surface area contributed by atoms with Gasteiger partial charge in [0.2, 0.25) is 0 Å². The normalized spacial score (nSPS) is 11.8. The van der Waals surface area contributed by atoms with Crippen LogP contribution in [0.3, 0.4) is 0 Å². The third-order valence-electron chi connectivity index (χ3n) is 2.15. The fourth-order valence-electron chi connectivity index (χ4n) is 1.33. The molecule has 3 N–H and O–H groups in total. The first-order valence-corrected chi connectivity index (χ1v) is 5.28. The average Bonchev–Trinajstić information content (AvgIpc) is 2.71. The van der Waals surface area contributed by atoms with Gasteiger partial charge < -0.3 is 10.8 Å². The summed E-state index contributed by atoms with van der Waals surface area (Å²) in [6, 6.07) is 8.92. The highest BCUT2D eigenvalue weighted by Crippen LogP contribution is 2.22. The van der Waals surface area contributed by atoms with Gasteiger partial charge in [-0.1, -0.05) is 12.1 Å². The van der Waals surface area contributed by atoms with Gasteiger partial charge >= 0.3 is 0 Å². The number of phenols is 1. The quantitative estimate of drug-likeness (QED) is 0.849. The Bertz CT molecular complexity index is 399. The Morgan fingerprint density at radius 2 is 1.73 bits per heavy atom. The molecule has 0 aliphatic carbocycles. The lowest BCUT2D eigenvalue weighted by molar-refractivity contribution is 0.475. The molecule has 0 fully saturated rings. The molecular weight excluding hydrogens is 230 g/mol. The highest BCUT2D eigenvalue weighted by Gasteiger charge is 2.08. The Morgan fingerprint density at radius 1 is 1.07 bits per heavy atom. The van der Waals surface area contributed by atoms with Crippen LogP contribution in [0.25, 0.3) is 0 Å². The van der Waals surface area contributed by atoms with Crippen LogP contribution < -0.4 is 5.73 Å². The molecule has 1 heterocycles. The van der Waals surface area contributed by atoms with E-state index in [2.05, 4.69) is 0 Å². The Labute approximate surface area is 98.8 Å². The molecule has 1 aromatic carbocycles. The second kappa shape index (κ2) is 5.16. The number of benzene rings is 1. The Kier molecular flexibility index (Phi) is 4.15. The SMILES string of the molecule is Cl.N[C@H](c1ccc(O)cc1)c1ccsc1. The number of rotatable bonds is 2. The van der Waals surface area contributed by atoms with Crippen LogP contribution in [-0.2, 0) is 0 Å². The molecule has 0 radical (unpaired) electrons. The van der Waals surface area contributed by atoms with Crippen molar-refractivity contribution in [3.8, 4) is 5.75 Å². The lowest BCUT2D eigenvalue weighted by Gasteiger charge is -2.09. The van der Waals surface area contributed by atoms with Gasteiger partial charge in [0.15, 0.2) is 0 Å². The third-order valence-corrected chi connectivity index (χ3v) is 2.86. The Balaban J connectivity index is 0.00000112. The summed E-state index contributed by atoms with van der Waals surface area (Å²) in [6.45, 7) is 0. The molecule has 0 unspecified atom stereocenters. The third kappa shape index (κ3) is 2.72. The van der Waals surface area contributed by atoms with Crippen molar-refractivity contribution in [3.05, 3.63) is 52.2 Å². The zero-order valence-corrected chi connectivity index (χ0v) is 9.59. The number of hydrogen-bond donors (Lipinski definition) is 2. The standard InChI is InChI=1S/C11H11NOS.ClH/c12-11(9-5-6-14-7-9)8-1-3-10(13)4-2-8;/h1-7,11,13H,12H2;1H/t11-;/m1./s1. The molecule has 1 atom stereocenters. The highest BCUT2D eigenvalue weighted by atomic mass is 35.5. The van der Waals surface area contributed by atoms with Crippen LogP contribution in [0.4, 0.5) is 0 Å². The van der Waals surface area contributed by atoms with Gasteiger partial charge in [-0.3, -0.25) is 0 Å². The first-order valence-electron chi connectivity index (χ1n) is 4.34. The monoisotopic (exact) mass is 241 g/mol. The van der Waals surface area contributed by atoms with Crippen molar-refractivity contribution in [2.75, 3.05) is 0 Å². The summed E-state index contributed by atoms with van der Waals surface area (Å²) in [6.07, 6.45) is 0. The average molecular weight is 242 g/mol. The molecule has 1 aromatic heterocycles. The van der Waals surface area contributed by atoms with Crippen molar-refractivity contribution in [1.29, 1.82) is 0 Å². The molecule has 0 spiro atoms. The van der Waals surface area contributed by atoms with E-state index in [4.69, 9.17) is 10.8 Å². The Hall–Kier alpha value is -1.03. The number of hydrogen-bond acceptors (Lipinski definition) is 3. The lowest BCUT2D eigenvalue weighted by Crippen LogP contribution is -2.10. The summed E-state index contributed by atoms with van der Waals surface area (Å²) in [5.41, 5.74) is 8.16. The van der Waals surface area contributed by atoms with Crippen molar-refractivity contribution in [3.63, 3.8) is 0 Å². The van der Waals surface area contributed by atoms with Gasteiger partial charge in [-0.2, -0.15) is 11.3 Å². The highest BCUT2D eigenvalue weighted by molar-refractivity contribution is 7.08. The minimum absolute atomic E-state index is 0. The minimum atomic E-state index is -0.0955. The van der Waals surface area contributed by atoms with E-state index in [1.54, 1.807) is 23.5 Å². The van der Waals surface area contributed by atoms with E-state index in [9.17, 15) is 0 Å². The van der Waals surface area contributed by atoms with Gasteiger partial charge in [-0.25, -0.2) is 0 Å². The van der Waals surface area contributed by atoms with Crippen LogP contribution in [-0.4, -0.2) is 5.11 Å². The molecule has 0 amide bonds. The lowest BCUT2D eigenvalue weighted by atomic mass is 10.0. The molecular formula is C11H12ClNOS. The van der Waals surface area contributed by atoms with Crippen LogP contribution in [0, 0.1) is 0 Å². The molecule has 2 aromatic rings. The van der Waals surface area contributed by atoms with Crippen molar-refractivity contribution in [2.24, 2.45) is 5.73 Å². The summed E-state index contributed by atoms with van der Waals surface area (Å²) < 4.78 is 0. The van der Waals surface area contributed by atoms with E-state index in [0.717, 1.165) is 11.1 Å². The fourth-order valence-corrected chi connectivity index (χ4v) is 2.02. The van der Waals surface area contributed by atoms with E-state index < -0.39 is 0 Å². The molecule has 2 nitrogen and oxygen atoms in total. The number of nitrogens with two attached hydrogens (primary N) is 1. The molecule has 15 heavy (non-hydrogen) atoms. The second-order valence-electron chi connectivity index (χ2n) is 3.13. The van der Waals surface area contributed by atoms with Crippen molar-refractivity contribution in [1.82, 2.24) is 0 Å². The van der Waals surface area contributed by atoms with Crippen molar-refractivity contribution in [2.45, 2.75) is 6.04 Å². The molecule has 0 aliphatic rings. The van der Waals surface area contributed by atoms with E-state index in [-0.39, 0.29) is 24.2 Å². The van der Waals surface area contributed by atoms with Crippen LogP contribution in [0.1, 0.15) is 17.2 Å². The van der Waals surface area contributed by atoms with Crippen LogP contribution >= 0.6 is 23.7 Å². The van der Waals surface area contributed by atoms with E-state index >= 15 is 0 Å². The van der Waals surface area contributed by atoms with E-state index in [0.29, 0.717) is 0 Å². The van der Waals surface area contributed by atoms with Gasteiger partial charge in [-0.15, -0.1) is 12.4 Å². The van der Waals surface area contributed by atoms with Gasteiger partial charge in [0.1, 0.15) is 5.75 Å². The summed E-state index contributed by atoms with van der Waals surface area (Å²) in [5, 5.41) is 13.2. The Morgan fingerprint density at radius 3 is 2.27 bits per heavy atom. The van der Waals surface area contributed by atoms with Crippen LogP contribution in [0.15, 0.2) is 41.1 Å². The first-order chi connectivity index (χ1) is 6.77. The van der Waals surface area contributed by atoms with Gasteiger partial charge in [0, 0.05) is 0 Å². The molecule has 0 saturated carbocycles. The summed E-state index contributed by atoms with van der Waals surface area (Å²) in [5.74, 6) is 0.270. The molecule has 0 bridgehead atoms. The molecule has 80 valence electrons. The van der Waals surface area contributed by atoms with Crippen molar-refractivity contribution >= 4 is 23.7 Å². The summed E-state index contributed by atoms with van der Waals surface area (Å²) in [7, 11) is 0. The maximum Gasteiger partial charge on any atom is 0.115 e. The molecule has 0 saturated heterocycles. The second-order valence-corrected chi connectivity index (χ2v) is 3.91. The molecule has 4 heteroatoms. The van der Waals surface area contributed by atoms with Crippen LogP contribution in [0.5, 0.6) is 5.75 Å². The number of halogens is 1. The number of aromatic hydroxyl groups is 1. The van der Waals surface area contributed by atoms with E-state index in [1.807, 2.05) is 29.0 Å². The van der Waals surface area contributed by atoms with Crippen LogP contribution in [0.2, 0.25) is 0 Å². The predicted molar refractivity (Wildman–Crippen MR) is 65.7 cm³/mol. The summed E-state index contributed by atoms with van der Waals surface area (Å²) in [4.78, 5) is 0. The first kappa shape index (κ1) is 12.0. The van der Waals surface area contributed by atoms with E-state index in [1.165, 1.54) is 0 Å². The largest absolute Gasteiger partial charge is 0.508 e. The topological polar surface area (TPSA) is 46.2 Å². The fraction of sp³-hybridized carbons (Fsp3) is 0.0909. The minimum Gasteiger partial charge on any atom is -0.508 e. The number of thiophene rings is 1. The van der Waals surface area contributed by atoms with Crippen molar-refractivity contribution < 1.29 is 5.11 Å². The maximum absolute atomic E-state index is 9.13. The van der Waals surface area contributed by atoms with Gasteiger partial charge in [-0.05, 0) is 40.1 Å². The maximum atomic E-state index is 9.13. The number of phenolic OH excluding ortho intramolecular Hbond substituents is 1.